The number of halogens is 1. The Balaban J connectivity index is 0.00000512. The number of benzene rings is 1. The van der Waals surface area contributed by atoms with E-state index in [0.717, 1.165) is 57.3 Å². The van der Waals surface area contributed by atoms with E-state index in [9.17, 15) is 4.79 Å². The molecule has 32 heavy (non-hydrogen) atoms. The minimum Gasteiger partial charge on any atom is -0.444 e. The summed E-state index contributed by atoms with van der Waals surface area (Å²) < 4.78 is 5.27. The third-order valence-corrected chi connectivity index (χ3v) is 5.26. The van der Waals surface area contributed by atoms with Crippen LogP contribution in [-0.4, -0.2) is 86.9 Å². The predicted molar refractivity (Wildman–Crippen MR) is 143 cm³/mol. The first-order chi connectivity index (χ1) is 14.7. The Bertz CT molecular complexity index is 712. The zero-order valence-electron chi connectivity index (χ0n) is 20.4. The first-order valence-corrected chi connectivity index (χ1v) is 11.1. The minimum atomic E-state index is -0.509. The van der Waals surface area contributed by atoms with Crippen molar-refractivity contribution in [2.45, 2.75) is 45.8 Å². The first kappa shape index (κ1) is 28.4. The number of amides is 1. The van der Waals surface area contributed by atoms with Crippen LogP contribution in [0, 0.1) is 0 Å². The summed E-state index contributed by atoms with van der Waals surface area (Å²) in [5.41, 5.74) is 1.40. The average molecular weight is 561 g/mol. The molecule has 1 aliphatic heterocycles. The number of carbonyl (C=O) groups is 1. The molecule has 1 saturated heterocycles. The second kappa shape index (κ2) is 13.8. The van der Waals surface area contributed by atoms with Crippen LogP contribution in [0.25, 0.3) is 0 Å². The van der Waals surface area contributed by atoms with Gasteiger partial charge in [-0.2, -0.15) is 0 Å². The normalized spacial score (nSPS) is 16.6. The van der Waals surface area contributed by atoms with Gasteiger partial charge in [0.2, 0.25) is 0 Å². The fourth-order valence-electron chi connectivity index (χ4n) is 3.36. The number of piperazine rings is 1. The Kier molecular flexibility index (Phi) is 12.3. The Morgan fingerprint density at radius 1 is 1.12 bits per heavy atom. The van der Waals surface area contributed by atoms with Gasteiger partial charge in [-0.3, -0.25) is 15.2 Å². The van der Waals surface area contributed by atoms with Crippen molar-refractivity contribution in [1.29, 1.82) is 0 Å². The van der Waals surface area contributed by atoms with Crippen molar-refractivity contribution in [1.82, 2.24) is 20.4 Å². The van der Waals surface area contributed by atoms with Gasteiger partial charge in [0, 0.05) is 58.0 Å². The van der Waals surface area contributed by atoms with Gasteiger partial charge >= 0.3 is 6.09 Å². The summed E-state index contributed by atoms with van der Waals surface area (Å²) in [5, 5.41) is 9.57. The Morgan fingerprint density at radius 3 is 2.31 bits per heavy atom. The monoisotopic (exact) mass is 560 g/mol. The Labute approximate surface area is 210 Å². The van der Waals surface area contributed by atoms with E-state index in [-0.39, 0.29) is 24.0 Å². The molecule has 1 fully saturated rings. The lowest BCUT2D eigenvalue weighted by atomic mass is 10.1. The van der Waals surface area contributed by atoms with Crippen LogP contribution in [0.3, 0.4) is 0 Å². The van der Waals surface area contributed by atoms with E-state index in [1.54, 1.807) is 7.05 Å². The van der Waals surface area contributed by atoms with Gasteiger partial charge in [-0.1, -0.05) is 12.1 Å². The fraction of sp³-hybridized carbons (Fsp3) is 0.652. The number of carbonyl (C=O) groups excluding carboxylic acids is 1. The largest absolute Gasteiger partial charge is 0.444 e. The summed E-state index contributed by atoms with van der Waals surface area (Å²) in [5.74, 6) is 0.823. The number of hydrogen-bond donors (Lipinski definition) is 3. The number of ether oxygens (including phenoxy) is 1. The number of nitrogens with zero attached hydrogens (tertiary/aromatic N) is 3. The Morgan fingerprint density at radius 2 is 1.75 bits per heavy atom. The van der Waals surface area contributed by atoms with Crippen molar-refractivity contribution in [2.24, 2.45) is 4.99 Å². The number of likely N-dealkylation sites (N-methyl/N-ethyl adjacent to an activating group) is 1. The molecule has 1 unspecified atom stereocenters. The molecule has 3 N–H and O–H groups in total. The van der Waals surface area contributed by atoms with E-state index in [2.05, 4.69) is 44.7 Å². The van der Waals surface area contributed by atoms with Crippen LogP contribution >= 0.6 is 24.0 Å². The smallest absolute Gasteiger partial charge is 0.412 e. The van der Waals surface area contributed by atoms with Crippen molar-refractivity contribution in [3.8, 4) is 0 Å². The van der Waals surface area contributed by atoms with E-state index < -0.39 is 11.7 Å². The van der Waals surface area contributed by atoms with Gasteiger partial charge in [0.1, 0.15) is 5.60 Å². The molecule has 0 saturated carbocycles. The molecule has 1 amide bonds. The molecule has 0 radical (unpaired) electrons. The molecular weight excluding hydrogens is 519 g/mol. The van der Waals surface area contributed by atoms with Gasteiger partial charge in [0.05, 0.1) is 0 Å². The van der Waals surface area contributed by atoms with Crippen molar-refractivity contribution in [3.05, 3.63) is 29.8 Å². The van der Waals surface area contributed by atoms with Gasteiger partial charge in [0.25, 0.3) is 0 Å². The molecule has 182 valence electrons. The fourth-order valence-corrected chi connectivity index (χ4v) is 3.36. The maximum Gasteiger partial charge on any atom is 0.412 e. The molecule has 0 aromatic heterocycles. The van der Waals surface area contributed by atoms with Crippen LogP contribution in [0.5, 0.6) is 0 Å². The highest BCUT2D eigenvalue weighted by Gasteiger charge is 2.19. The molecule has 9 heteroatoms. The third kappa shape index (κ3) is 10.8. The summed E-state index contributed by atoms with van der Waals surface area (Å²) in [7, 11) is 3.98. The molecule has 2 rings (SSSR count). The lowest BCUT2D eigenvalue weighted by Gasteiger charge is -2.36. The standard InChI is InChI=1S/C23H40N6O2.HI/c1-18(29-15-13-28(6)14-16-29)17-26-21(24-5)25-12-11-19-7-9-20(10-8-19)27-22(30)31-23(2,3)4;/h7-10,18H,11-17H2,1-6H3,(H,27,30)(H2,24,25,26);1H. The quantitative estimate of drug-likeness (QED) is 0.271. The van der Waals surface area contributed by atoms with Crippen molar-refractivity contribution >= 4 is 41.7 Å². The van der Waals surface area contributed by atoms with Crippen LogP contribution in [0.2, 0.25) is 0 Å². The SMILES string of the molecule is CN=C(NCCc1ccc(NC(=O)OC(C)(C)C)cc1)NCC(C)N1CCN(C)CC1.I. The second-order valence-corrected chi connectivity index (χ2v) is 9.14. The van der Waals surface area contributed by atoms with Crippen LogP contribution < -0.4 is 16.0 Å². The summed E-state index contributed by atoms with van der Waals surface area (Å²) in [6.45, 7) is 13.9. The molecule has 1 aromatic carbocycles. The second-order valence-electron chi connectivity index (χ2n) is 9.14. The van der Waals surface area contributed by atoms with Gasteiger partial charge < -0.3 is 20.3 Å². The maximum atomic E-state index is 11.8. The molecule has 1 heterocycles. The number of anilines is 1. The summed E-state index contributed by atoms with van der Waals surface area (Å²) in [6, 6.07) is 8.28. The van der Waals surface area contributed by atoms with Crippen molar-refractivity contribution in [2.75, 3.05) is 58.7 Å². The number of rotatable bonds is 7. The number of nitrogens with one attached hydrogen (secondary N) is 3. The topological polar surface area (TPSA) is 81.2 Å². The summed E-state index contributed by atoms with van der Waals surface area (Å²) in [6.07, 6.45) is 0.420. The zero-order chi connectivity index (χ0) is 22.9. The van der Waals surface area contributed by atoms with Crippen LogP contribution in [0.1, 0.15) is 33.3 Å². The highest BCUT2D eigenvalue weighted by Crippen LogP contribution is 2.13. The van der Waals surface area contributed by atoms with Crippen LogP contribution in [0.15, 0.2) is 29.3 Å². The van der Waals surface area contributed by atoms with Gasteiger partial charge in [-0.15, -0.1) is 24.0 Å². The van der Waals surface area contributed by atoms with Gasteiger partial charge in [0.15, 0.2) is 5.96 Å². The third-order valence-electron chi connectivity index (χ3n) is 5.26. The van der Waals surface area contributed by atoms with Gasteiger partial charge in [-0.25, -0.2) is 4.79 Å². The van der Waals surface area contributed by atoms with Crippen molar-refractivity contribution in [3.63, 3.8) is 0 Å². The molecule has 0 aliphatic carbocycles. The number of aliphatic imine (C=N–C) groups is 1. The van der Waals surface area contributed by atoms with E-state index in [1.807, 2.05) is 45.0 Å². The molecule has 1 aliphatic rings. The van der Waals surface area contributed by atoms with Gasteiger partial charge in [-0.05, 0) is 58.9 Å². The molecule has 0 spiro atoms. The Hall–Kier alpha value is -1.59. The minimum absolute atomic E-state index is 0. The van der Waals surface area contributed by atoms with E-state index >= 15 is 0 Å². The van der Waals surface area contributed by atoms with Crippen molar-refractivity contribution < 1.29 is 9.53 Å². The van der Waals surface area contributed by atoms with E-state index in [0.29, 0.717) is 6.04 Å². The molecular formula is C23H41IN6O2. The zero-order valence-corrected chi connectivity index (χ0v) is 22.7. The predicted octanol–water partition coefficient (Wildman–Crippen LogP) is 3.00. The lowest BCUT2D eigenvalue weighted by Crippen LogP contribution is -2.52. The maximum absolute atomic E-state index is 11.8. The van der Waals surface area contributed by atoms with Crippen LogP contribution in [-0.2, 0) is 11.2 Å². The molecule has 1 aromatic rings. The average Bonchev–Trinajstić information content (AvgIpc) is 2.70. The molecule has 0 bridgehead atoms. The van der Waals surface area contributed by atoms with Crippen LogP contribution in [0.4, 0.5) is 10.5 Å². The summed E-state index contributed by atoms with van der Waals surface area (Å²) in [4.78, 5) is 21.1. The number of hydrogen-bond acceptors (Lipinski definition) is 5. The van der Waals surface area contributed by atoms with E-state index in [4.69, 9.17) is 4.74 Å². The first-order valence-electron chi connectivity index (χ1n) is 11.1. The molecule has 1 atom stereocenters. The summed E-state index contributed by atoms with van der Waals surface area (Å²) >= 11 is 0. The lowest BCUT2D eigenvalue weighted by molar-refractivity contribution is 0.0636. The highest BCUT2D eigenvalue weighted by atomic mass is 127. The molecule has 8 nitrogen and oxygen atoms in total. The number of guanidine groups is 1. The van der Waals surface area contributed by atoms with E-state index in [1.165, 1.54) is 5.56 Å². The highest BCUT2D eigenvalue weighted by molar-refractivity contribution is 14.0.